The summed E-state index contributed by atoms with van der Waals surface area (Å²) in [6.07, 6.45) is 0. The van der Waals surface area contributed by atoms with Crippen LogP contribution in [0.4, 0.5) is 0 Å². The van der Waals surface area contributed by atoms with Crippen LogP contribution >= 0.6 is 0 Å². The smallest absolute Gasteiger partial charge is 0.000697 e. The zero-order chi connectivity index (χ0) is 82.9. The highest BCUT2D eigenvalue weighted by Gasteiger charge is 2.39. The van der Waals surface area contributed by atoms with Gasteiger partial charge in [-0.1, -0.05) is 443 Å². The largest absolute Gasteiger partial charge is 0.0622 e. The summed E-state index contributed by atoms with van der Waals surface area (Å²) in [5, 5.41) is 7.35. The van der Waals surface area contributed by atoms with Gasteiger partial charge in [0.15, 0.2) is 0 Å². The molecule has 3 aliphatic rings. The first-order valence-corrected chi connectivity index (χ1v) is 43.9. The van der Waals surface area contributed by atoms with Gasteiger partial charge in [-0.05, 0) is 296 Å². The van der Waals surface area contributed by atoms with E-state index in [2.05, 4.69) is 473 Å². The second-order valence-electron chi connectivity index (χ2n) is 33.6. The van der Waals surface area contributed by atoms with Crippen LogP contribution in [0, 0.1) is 0 Å². The molecule has 0 heteroatoms. The van der Waals surface area contributed by atoms with Crippen LogP contribution in [0.15, 0.2) is 473 Å². The van der Waals surface area contributed by atoms with Crippen LogP contribution < -0.4 is 0 Å². The lowest BCUT2D eigenvalue weighted by atomic mass is 9.76. The van der Waals surface area contributed by atoms with Gasteiger partial charge in [-0.25, -0.2) is 0 Å². The van der Waals surface area contributed by atoms with E-state index in [0.717, 1.165) is 22.3 Å². The van der Waals surface area contributed by atoms with Crippen molar-refractivity contribution in [1.82, 2.24) is 0 Å². The first-order chi connectivity index (χ1) is 62.6. The van der Waals surface area contributed by atoms with Gasteiger partial charge in [-0.15, -0.1) is 0 Å². The van der Waals surface area contributed by atoms with Gasteiger partial charge in [-0.2, -0.15) is 0 Å². The molecule has 0 saturated carbocycles. The van der Waals surface area contributed by atoms with Crippen molar-refractivity contribution in [3.05, 3.63) is 473 Å². The summed E-state index contributed by atoms with van der Waals surface area (Å²) in [5.74, 6) is 0. The lowest BCUT2D eigenvalue weighted by Crippen LogP contribution is -1.99. The van der Waals surface area contributed by atoms with Crippen molar-refractivity contribution >= 4 is 32.3 Å². The lowest BCUT2D eigenvalue weighted by Gasteiger charge is -2.26. The Balaban J connectivity index is 0.791. The van der Waals surface area contributed by atoms with Gasteiger partial charge in [-0.3, -0.25) is 0 Å². The van der Waals surface area contributed by atoms with Gasteiger partial charge in [0.05, 0.1) is 0 Å². The van der Waals surface area contributed by atoms with E-state index in [0.29, 0.717) is 0 Å². The zero-order valence-electron chi connectivity index (χ0n) is 69.0. The molecule has 0 nitrogen and oxygen atoms in total. The van der Waals surface area contributed by atoms with Gasteiger partial charge in [0, 0.05) is 0 Å². The highest BCUT2D eigenvalue weighted by molar-refractivity contribution is 6.31. The predicted octanol–water partition coefficient (Wildman–Crippen LogP) is 35.1. The molecular weight excluding hydrogens is 1510 g/mol. The molecule has 0 unspecified atom stereocenters. The topological polar surface area (TPSA) is 0 Å². The Labute approximate surface area is 733 Å². The minimum absolute atomic E-state index is 1.13. The van der Waals surface area contributed by atoms with Crippen LogP contribution in [-0.2, 0) is 0 Å². The molecule has 126 heavy (non-hydrogen) atoms. The average molecular weight is 1590 g/mol. The summed E-state index contributed by atoms with van der Waals surface area (Å²) in [4.78, 5) is 0. The second-order valence-corrected chi connectivity index (χ2v) is 33.6. The fourth-order valence-electron chi connectivity index (χ4n) is 21.8. The Morgan fingerprint density at radius 3 is 0.516 bits per heavy atom. The van der Waals surface area contributed by atoms with Crippen LogP contribution in [0.1, 0.15) is 0 Å². The number of rotatable bonds is 15. The molecule has 0 heterocycles. The number of fused-ring (bicyclic) bond motifs is 9. The van der Waals surface area contributed by atoms with E-state index in [9.17, 15) is 0 Å². The highest BCUT2D eigenvalue weighted by Crippen LogP contribution is 2.66. The summed E-state index contributed by atoms with van der Waals surface area (Å²) in [5.41, 5.74) is 50.5. The molecular formula is C126H78. The molecule has 22 aromatic rings. The molecule has 0 spiro atoms. The maximum Gasteiger partial charge on any atom is -0.000697 e. The Morgan fingerprint density at radius 2 is 0.270 bits per heavy atom. The molecule has 0 amide bonds. The number of hydrogen-bond acceptors (Lipinski definition) is 0. The predicted molar refractivity (Wildman–Crippen MR) is 534 cm³/mol. The third kappa shape index (κ3) is 11.4. The Morgan fingerprint density at radius 1 is 0.0873 bits per heavy atom. The molecule has 0 N–H and O–H groups in total. The zero-order valence-corrected chi connectivity index (χ0v) is 69.0. The second kappa shape index (κ2) is 29.8. The van der Waals surface area contributed by atoms with Crippen molar-refractivity contribution in [2.24, 2.45) is 0 Å². The van der Waals surface area contributed by atoms with E-state index >= 15 is 0 Å². The van der Waals surface area contributed by atoms with Crippen molar-refractivity contribution in [3.63, 3.8) is 0 Å². The normalized spacial score (nSPS) is 11.8. The van der Waals surface area contributed by atoms with E-state index in [-0.39, 0.29) is 0 Å². The molecule has 0 aliphatic heterocycles. The number of benzene rings is 22. The molecule has 0 radical (unpaired) electrons. The SMILES string of the molecule is c1ccc(-c2c(-c3ccccc3)c(-c3ccccc3)c3c(c2-c2ccccc2)-c2cccc4cc(-c5cc(-c6ccc7c8c(cccc68)-c6c(-c8ccccc8)c(-c8ccccc8)c(-c8ccccc8)c(-c8ccccc8)c6-7)cc(-c6ccc7c8c(cccc68)-c6c(-c8ccccc8)c(-c8ccccc8)c(-c8ccccc8)c(-c8ccccc8)c6-7)c5)cc-3c24)cc1. The summed E-state index contributed by atoms with van der Waals surface area (Å²) >= 11 is 0. The van der Waals surface area contributed by atoms with Crippen molar-refractivity contribution < 1.29 is 0 Å². The van der Waals surface area contributed by atoms with Gasteiger partial charge in [0.2, 0.25) is 0 Å². The van der Waals surface area contributed by atoms with Gasteiger partial charge < -0.3 is 0 Å². The first-order valence-electron chi connectivity index (χ1n) is 43.9. The van der Waals surface area contributed by atoms with Crippen molar-refractivity contribution in [3.8, 4) is 234 Å². The van der Waals surface area contributed by atoms with Gasteiger partial charge in [0.25, 0.3) is 0 Å². The Hall–Kier alpha value is -16.4. The lowest BCUT2D eigenvalue weighted by molar-refractivity contribution is 1.54. The van der Waals surface area contributed by atoms with E-state index in [1.165, 1.54) is 244 Å². The van der Waals surface area contributed by atoms with Crippen LogP contribution in [0.25, 0.3) is 266 Å². The molecule has 0 fully saturated rings. The monoisotopic (exact) mass is 1590 g/mol. The maximum atomic E-state index is 2.57. The van der Waals surface area contributed by atoms with Crippen LogP contribution in [0.2, 0.25) is 0 Å². The van der Waals surface area contributed by atoms with Crippen molar-refractivity contribution in [1.29, 1.82) is 0 Å². The standard InChI is InChI=1S/C126H78/c1-13-40-79(41-14-1)107-109(81-44-17-3-18-45-81)116(88-58-31-10-32-59-88)124-103-72-70-96(98-65-38-68-101(119(98)103)122(124)114(107)86-54-27-8-28-55-86)94-75-92(93-74-91-64-37-67-100-106(91)105(78-93)126-118(90-62-35-12-36-63-90)112(84-50-23-6-24-51-84)111(83-48-21-5-22-49-83)113(121(100)126)85-52-25-7-26-53-85)76-95(77-94)97-71-73-104-120-99(97)66-39-69-102(120)123-115(87-56-29-9-30-57-87)108(80-42-15-2-16-43-80)110(82-46-19-4-20-47-82)117(125(104)123)89-60-33-11-34-61-89/h1-78H. The molecule has 3 aliphatic carbocycles. The molecule has 25 rings (SSSR count). The summed E-state index contributed by atoms with van der Waals surface area (Å²) in [6, 6.07) is 178. The minimum atomic E-state index is 1.13. The average Bonchev–Trinajstić information content (AvgIpc) is 1.54. The first kappa shape index (κ1) is 72.4. The Bertz CT molecular complexity index is 7550. The Kier molecular flexibility index (Phi) is 17.1. The number of hydrogen-bond donors (Lipinski definition) is 0. The fraction of sp³-hybridized carbons (Fsp3) is 0. The van der Waals surface area contributed by atoms with Gasteiger partial charge >= 0.3 is 0 Å². The molecule has 0 aromatic heterocycles. The minimum Gasteiger partial charge on any atom is -0.0622 e. The summed E-state index contributed by atoms with van der Waals surface area (Å²) in [6.45, 7) is 0. The van der Waals surface area contributed by atoms with Crippen LogP contribution in [0.3, 0.4) is 0 Å². The molecule has 0 saturated heterocycles. The maximum absolute atomic E-state index is 2.57. The quantitative estimate of drug-likeness (QED) is 0.0960. The van der Waals surface area contributed by atoms with Gasteiger partial charge in [0.1, 0.15) is 0 Å². The van der Waals surface area contributed by atoms with E-state index in [1.807, 2.05) is 0 Å². The molecule has 22 aromatic carbocycles. The van der Waals surface area contributed by atoms with Crippen molar-refractivity contribution in [2.75, 3.05) is 0 Å². The molecule has 0 atom stereocenters. The van der Waals surface area contributed by atoms with Crippen LogP contribution in [0.5, 0.6) is 0 Å². The molecule has 582 valence electrons. The summed E-state index contributed by atoms with van der Waals surface area (Å²) < 4.78 is 0. The highest BCUT2D eigenvalue weighted by atomic mass is 14.4. The third-order valence-electron chi connectivity index (χ3n) is 26.8. The van der Waals surface area contributed by atoms with E-state index in [1.54, 1.807) is 0 Å². The summed E-state index contributed by atoms with van der Waals surface area (Å²) in [7, 11) is 0. The van der Waals surface area contributed by atoms with Crippen molar-refractivity contribution in [2.45, 2.75) is 0 Å². The molecule has 0 bridgehead atoms. The fourth-order valence-corrected chi connectivity index (χ4v) is 21.8. The van der Waals surface area contributed by atoms with E-state index < -0.39 is 0 Å². The van der Waals surface area contributed by atoms with Crippen LogP contribution in [-0.4, -0.2) is 0 Å². The third-order valence-corrected chi connectivity index (χ3v) is 26.8. The van der Waals surface area contributed by atoms with E-state index in [4.69, 9.17) is 0 Å².